The van der Waals surface area contributed by atoms with Crippen LogP contribution < -0.4 is 4.90 Å². The van der Waals surface area contributed by atoms with E-state index in [9.17, 15) is 4.79 Å². The standard InChI is InChI=1S/C17H17N5OS/c1-21-4-6-22(7-5-21)17-18-9-15(24-17)16-13-8-12(10-23)2-3-14(13)19-11-20-16/h2-3,8-11H,4-7H2,1H3. The van der Waals surface area contributed by atoms with Crippen molar-refractivity contribution >= 4 is 33.7 Å². The van der Waals surface area contributed by atoms with Crippen LogP contribution in [0.5, 0.6) is 0 Å². The number of rotatable bonds is 3. The third kappa shape index (κ3) is 2.76. The first-order valence-corrected chi connectivity index (χ1v) is 8.66. The number of hydrogen-bond acceptors (Lipinski definition) is 7. The average Bonchev–Trinajstić information content (AvgIpc) is 3.11. The molecule has 0 bridgehead atoms. The maximum atomic E-state index is 11.1. The molecule has 0 radical (unpaired) electrons. The molecule has 6 nitrogen and oxygen atoms in total. The molecule has 122 valence electrons. The molecule has 1 fully saturated rings. The van der Waals surface area contributed by atoms with Gasteiger partial charge in [0.05, 0.1) is 16.1 Å². The Kier molecular flexibility index (Phi) is 3.95. The van der Waals surface area contributed by atoms with E-state index in [-0.39, 0.29) is 0 Å². The lowest BCUT2D eigenvalue weighted by Gasteiger charge is -2.32. The van der Waals surface area contributed by atoms with E-state index in [1.165, 1.54) is 0 Å². The van der Waals surface area contributed by atoms with Gasteiger partial charge in [-0.3, -0.25) is 4.79 Å². The van der Waals surface area contributed by atoms with Gasteiger partial charge in [0.15, 0.2) is 5.13 Å². The second-order valence-electron chi connectivity index (χ2n) is 5.91. The lowest BCUT2D eigenvalue weighted by atomic mass is 10.1. The van der Waals surface area contributed by atoms with Gasteiger partial charge in [0.1, 0.15) is 12.6 Å². The molecule has 24 heavy (non-hydrogen) atoms. The van der Waals surface area contributed by atoms with Gasteiger partial charge in [-0.1, -0.05) is 11.3 Å². The first-order chi connectivity index (χ1) is 11.7. The number of thiazole rings is 1. The van der Waals surface area contributed by atoms with E-state index >= 15 is 0 Å². The number of likely N-dealkylation sites (N-methyl/N-ethyl adjacent to an activating group) is 1. The molecule has 1 aromatic carbocycles. The lowest BCUT2D eigenvalue weighted by molar-refractivity contribution is 0.112. The molecule has 3 aromatic rings. The fourth-order valence-electron chi connectivity index (χ4n) is 2.86. The smallest absolute Gasteiger partial charge is 0.185 e. The molecule has 7 heteroatoms. The van der Waals surface area contributed by atoms with E-state index in [0.717, 1.165) is 59.1 Å². The van der Waals surface area contributed by atoms with Crippen molar-refractivity contribution < 1.29 is 4.79 Å². The molecule has 0 unspecified atom stereocenters. The maximum absolute atomic E-state index is 11.1. The third-order valence-electron chi connectivity index (χ3n) is 4.30. The summed E-state index contributed by atoms with van der Waals surface area (Å²) in [6.45, 7) is 4.08. The van der Waals surface area contributed by atoms with Crippen LogP contribution in [-0.4, -0.2) is 59.4 Å². The van der Waals surface area contributed by atoms with Gasteiger partial charge in [-0.2, -0.15) is 0 Å². The minimum Gasteiger partial charge on any atom is -0.346 e. The molecule has 0 amide bonds. The van der Waals surface area contributed by atoms with E-state index in [2.05, 4.69) is 31.8 Å². The van der Waals surface area contributed by atoms with Crippen molar-refractivity contribution in [2.75, 3.05) is 38.1 Å². The number of nitrogens with zero attached hydrogens (tertiary/aromatic N) is 5. The first-order valence-electron chi connectivity index (χ1n) is 7.84. The van der Waals surface area contributed by atoms with Gasteiger partial charge in [0, 0.05) is 43.3 Å². The van der Waals surface area contributed by atoms with Crippen molar-refractivity contribution in [1.29, 1.82) is 0 Å². The van der Waals surface area contributed by atoms with E-state index in [4.69, 9.17) is 0 Å². The number of carbonyl (C=O) groups excluding carboxylic acids is 1. The Labute approximate surface area is 143 Å². The summed E-state index contributed by atoms with van der Waals surface area (Å²) in [5.74, 6) is 0. The molecule has 0 aliphatic carbocycles. The Morgan fingerprint density at radius 2 is 1.96 bits per heavy atom. The summed E-state index contributed by atoms with van der Waals surface area (Å²) in [7, 11) is 2.14. The van der Waals surface area contributed by atoms with Crippen molar-refractivity contribution in [2.24, 2.45) is 0 Å². The first kappa shape index (κ1) is 15.2. The molecule has 3 heterocycles. The van der Waals surface area contributed by atoms with Crippen LogP contribution in [0, 0.1) is 0 Å². The van der Waals surface area contributed by atoms with Crippen molar-refractivity contribution in [2.45, 2.75) is 0 Å². The summed E-state index contributed by atoms with van der Waals surface area (Å²) < 4.78 is 0. The number of benzene rings is 1. The minimum absolute atomic E-state index is 0.627. The van der Waals surface area contributed by atoms with E-state index in [1.54, 1.807) is 23.7 Å². The van der Waals surface area contributed by atoms with Crippen molar-refractivity contribution in [3.8, 4) is 10.6 Å². The zero-order valence-electron chi connectivity index (χ0n) is 13.3. The van der Waals surface area contributed by atoms with Crippen molar-refractivity contribution in [1.82, 2.24) is 19.9 Å². The lowest BCUT2D eigenvalue weighted by Crippen LogP contribution is -2.44. The number of aldehydes is 1. The Balaban J connectivity index is 1.72. The quantitative estimate of drug-likeness (QED) is 0.683. The van der Waals surface area contributed by atoms with Crippen LogP contribution in [0.4, 0.5) is 5.13 Å². The van der Waals surface area contributed by atoms with E-state index in [0.29, 0.717) is 5.56 Å². The summed E-state index contributed by atoms with van der Waals surface area (Å²) in [5, 5.41) is 1.91. The zero-order chi connectivity index (χ0) is 16.5. The number of piperazine rings is 1. The van der Waals surface area contributed by atoms with Gasteiger partial charge in [-0.05, 0) is 25.2 Å². The Morgan fingerprint density at radius 3 is 2.75 bits per heavy atom. The predicted molar refractivity (Wildman–Crippen MR) is 95.7 cm³/mol. The number of carbonyl (C=O) groups is 1. The predicted octanol–water partition coefficient (Wildman–Crippen LogP) is 2.32. The van der Waals surface area contributed by atoms with Crippen LogP contribution in [-0.2, 0) is 0 Å². The fourth-order valence-corrected chi connectivity index (χ4v) is 3.84. The van der Waals surface area contributed by atoms with Gasteiger partial charge in [0.2, 0.25) is 0 Å². The molecule has 0 spiro atoms. The average molecular weight is 339 g/mol. The maximum Gasteiger partial charge on any atom is 0.185 e. The summed E-state index contributed by atoms with van der Waals surface area (Å²) in [5.41, 5.74) is 2.30. The topological polar surface area (TPSA) is 62.2 Å². The van der Waals surface area contributed by atoms with Crippen molar-refractivity contribution in [3.05, 3.63) is 36.3 Å². The van der Waals surface area contributed by atoms with Gasteiger partial charge < -0.3 is 9.80 Å². The van der Waals surface area contributed by atoms with Crippen LogP contribution >= 0.6 is 11.3 Å². The van der Waals surface area contributed by atoms with Gasteiger partial charge in [-0.15, -0.1) is 0 Å². The number of aromatic nitrogens is 3. The molecule has 1 aliphatic heterocycles. The largest absolute Gasteiger partial charge is 0.346 e. The molecule has 0 atom stereocenters. The summed E-state index contributed by atoms with van der Waals surface area (Å²) >= 11 is 1.64. The number of anilines is 1. The highest BCUT2D eigenvalue weighted by atomic mass is 32.1. The van der Waals surface area contributed by atoms with Crippen molar-refractivity contribution in [3.63, 3.8) is 0 Å². The van der Waals surface area contributed by atoms with Crippen LogP contribution in [0.2, 0.25) is 0 Å². The van der Waals surface area contributed by atoms with Crippen LogP contribution in [0.1, 0.15) is 10.4 Å². The van der Waals surface area contributed by atoms with Crippen LogP contribution in [0.25, 0.3) is 21.5 Å². The van der Waals surface area contributed by atoms with Crippen LogP contribution in [0.15, 0.2) is 30.7 Å². The molecular formula is C17H17N5OS. The number of fused-ring (bicyclic) bond motifs is 1. The second-order valence-corrected chi connectivity index (χ2v) is 6.92. The minimum atomic E-state index is 0.627. The van der Waals surface area contributed by atoms with E-state index in [1.807, 2.05) is 18.3 Å². The Morgan fingerprint density at radius 1 is 1.12 bits per heavy atom. The second kappa shape index (κ2) is 6.26. The Hall–Kier alpha value is -2.38. The normalized spacial score (nSPS) is 15.8. The molecule has 1 saturated heterocycles. The molecule has 0 N–H and O–H groups in total. The molecular weight excluding hydrogens is 322 g/mol. The molecule has 4 rings (SSSR count). The fraction of sp³-hybridized carbons (Fsp3) is 0.294. The SMILES string of the molecule is CN1CCN(c2ncc(-c3ncnc4ccc(C=O)cc34)s2)CC1. The third-order valence-corrected chi connectivity index (χ3v) is 5.36. The van der Waals surface area contributed by atoms with Gasteiger partial charge >= 0.3 is 0 Å². The van der Waals surface area contributed by atoms with E-state index < -0.39 is 0 Å². The zero-order valence-corrected chi connectivity index (χ0v) is 14.2. The number of hydrogen-bond donors (Lipinski definition) is 0. The molecule has 0 saturated carbocycles. The highest BCUT2D eigenvalue weighted by molar-refractivity contribution is 7.19. The van der Waals surface area contributed by atoms with Crippen LogP contribution in [0.3, 0.4) is 0 Å². The summed E-state index contributed by atoms with van der Waals surface area (Å²) in [6, 6.07) is 5.47. The van der Waals surface area contributed by atoms with Gasteiger partial charge in [-0.25, -0.2) is 15.0 Å². The monoisotopic (exact) mass is 339 g/mol. The molecule has 2 aromatic heterocycles. The molecule has 1 aliphatic rings. The highest BCUT2D eigenvalue weighted by Gasteiger charge is 2.18. The summed E-state index contributed by atoms with van der Waals surface area (Å²) in [4.78, 5) is 30.0. The summed E-state index contributed by atoms with van der Waals surface area (Å²) in [6.07, 6.45) is 4.28. The highest BCUT2D eigenvalue weighted by Crippen LogP contribution is 2.34. The van der Waals surface area contributed by atoms with Gasteiger partial charge in [0.25, 0.3) is 0 Å². The Bertz CT molecular complexity index is 886.